The molecule has 2 N–H and O–H groups in total. The van der Waals surface area contributed by atoms with Crippen molar-refractivity contribution in [1.29, 1.82) is 0 Å². The molecular formula is C18H27FN2. The first-order valence-corrected chi connectivity index (χ1v) is 8.44. The van der Waals surface area contributed by atoms with Gasteiger partial charge in [-0.05, 0) is 55.7 Å². The van der Waals surface area contributed by atoms with Gasteiger partial charge in [0, 0.05) is 18.8 Å². The number of rotatable bonds is 4. The lowest BCUT2D eigenvalue weighted by Gasteiger charge is -2.47. The maximum atomic E-state index is 13.6. The lowest BCUT2D eigenvalue weighted by molar-refractivity contribution is 0.219. The van der Waals surface area contributed by atoms with Crippen molar-refractivity contribution in [3.63, 3.8) is 0 Å². The van der Waals surface area contributed by atoms with Crippen LogP contribution in [0.5, 0.6) is 0 Å². The van der Waals surface area contributed by atoms with Crippen molar-refractivity contribution < 1.29 is 4.39 Å². The first kappa shape index (κ1) is 14.8. The maximum absolute atomic E-state index is 13.6. The second kappa shape index (κ2) is 5.96. The van der Waals surface area contributed by atoms with E-state index in [-0.39, 0.29) is 11.4 Å². The number of hydrogen-bond donors (Lipinski definition) is 1. The van der Waals surface area contributed by atoms with E-state index in [1.807, 2.05) is 6.07 Å². The minimum absolute atomic E-state index is 0.0588. The van der Waals surface area contributed by atoms with Gasteiger partial charge in [0.25, 0.3) is 0 Å². The molecule has 3 rings (SSSR count). The van der Waals surface area contributed by atoms with Crippen LogP contribution in [0, 0.1) is 11.7 Å². The van der Waals surface area contributed by atoms with Gasteiger partial charge in [0.15, 0.2) is 0 Å². The Labute approximate surface area is 127 Å². The zero-order chi connectivity index (χ0) is 14.9. The Kier molecular flexibility index (Phi) is 4.21. The molecule has 0 atom stereocenters. The zero-order valence-corrected chi connectivity index (χ0v) is 13.1. The third-order valence-electron chi connectivity index (χ3n) is 5.63. The van der Waals surface area contributed by atoms with Gasteiger partial charge in [-0.25, -0.2) is 4.39 Å². The summed E-state index contributed by atoms with van der Waals surface area (Å²) >= 11 is 0. The highest BCUT2D eigenvalue weighted by atomic mass is 19.1. The number of benzene rings is 1. The summed E-state index contributed by atoms with van der Waals surface area (Å²) in [5, 5.41) is 0. The second-order valence-corrected chi connectivity index (χ2v) is 6.84. The minimum Gasteiger partial charge on any atom is -0.364 e. The predicted molar refractivity (Wildman–Crippen MR) is 86.1 cm³/mol. The molecule has 21 heavy (non-hydrogen) atoms. The van der Waals surface area contributed by atoms with Crippen molar-refractivity contribution in [2.75, 3.05) is 18.0 Å². The summed E-state index contributed by atoms with van der Waals surface area (Å²) in [5.74, 6) is 0.733. The fourth-order valence-corrected chi connectivity index (χ4v) is 4.34. The summed E-state index contributed by atoms with van der Waals surface area (Å²) in [6, 6.07) is 5.23. The summed E-state index contributed by atoms with van der Waals surface area (Å²) in [6.07, 6.45) is 8.49. The Morgan fingerprint density at radius 2 is 2.10 bits per heavy atom. The molecule has 1 fully saturated rings. The van der Waals surface area contributed by atoms with Crippen LogP contribution < -0.4 is 10.6 Å². The number of nitrogens with two attached hydrogens (primary N) is 1. The molecule has 1 aromatic rings. The number of hydrogen-bond acceptors (Lipinski definition) is 2. The monoisotopic (exact) mass is 290 g/mol. The van der Waals surface area contributed by atoms with Gasteiger partial charge in [-0.2, -0.15) is 0 Å². The summed E-state index contributed by atoms with van der Waals surface area (Å²) in [5.41, 5.74) is 8.63. The van der Waals surface area contributed by atoms with Crippen LogP contribution in [0.1, 0.15) is 51.0 Å². The van der Waals surface area contributed by atoms with Crippen LogP contribution in [0.25, 0.3) is 0 Å². The van der Waals surface area contributed by atoms with E-state index in [0.29, 0.717) is 6.54 Å². The van der Waals surface area contributed by atoms with E-state index < -0.39 is 0 Å². The van der Waals surface area contributed by atoms with Crippen LogP contribution in [0.4, 0.5) is 10.1 Å². The first-order chi connectivity index (χ1) is 10.2. The molecule has 1 aliphatic carbocycles. The third kappa shape index (κ3) is 2.68. The van der Waals surface area contributed by atoms with Crippen molar-refractivity contribution in [1.82, 2.24) is 0 Å². The molecule has 0 spiro atoms. The van der Waals surface area contributed by atoms with E-state index >= 15 is 0 Å². The molecule has 116 valence electrons. The second-order valence-electron chi connectivity index (χ2n) is 6.84. The largest absolute Gasteiger partial charge is 0.364 e. The molecule has 1 aromatic carbocycles. The SMILES string of the molecule is CCCC1CCC(CN)(N2CCc3ccc(F)cc32)CC1. The molecule has 0 amide bonds. The fourth-order valence-electron chi connectivity index (χ4n) is 4.34. The van der Waals surface area contributed by atoms with Gasteiger partial charge in [0.1, 0.15) is 5.82 Å². The van der Waals surface area contributed by atoms with Gasteiger partial charge in [-0.1, -0.05) is 25.8 Å². The third-order valence-corrected chi connectivity index (χ3v) is 5.63. The first-order valence-electron chi connectivity index (χ1n) is 8.44. The highest BCUT2D eigenvalue weighted by Gasteiger charge is 2.41. The van der Waals surface area contributed by atoms with Crippen LogP contribution >= 0.6 is 0 Å². The molecule has 0 unspecified atom stereocenters. The van der Waals surface area contributed by atoms with E-state index in [4.69, 9.17) is 5.73 Å². The average Bonchev–Trinajstić information content (AvgIpc) is 2.92. The van der Waals surface area contributed by atoms with Crippen molar-refractivity contribution >= 4 is 5.69 Å². The summed E-state index contributed by atoms with van der Waals surface area (Å²) in [6.45, 7) is 3.94. The van der Waals surface area contributed by atoms with E-state index in [1.165, 1.54) is 31.2 Å². The Hall–Kier alpha value is -1.09. The molecule has 1 aliphatic heterocycles. The normalized spacial score (nSPS) is 28.7. The minimum atomic E-state index is -0.132. The Balaban J connectivity index is 1.81. The highest BCUT2D eigenvalue weighted by Crippen LogP contribution is 2.43. The lowest BCUT2D eigenvalue weighted by Crippen LogP contribution is -2.55. The smallest absolute Gasteiger partial charge is 0.125 e. The molecule has 0 aromatic heterocycles. The number of nitrogens with zero attached hydrogens (tertiary/aromatic N) is 1. The number of anilines is 1. The number of fused-ring (bicyclic) bond motifs is 1. The molecule has 1 heterocycles. The summed E-state index contributed by atoms with van der Waals surface area (Å²) in [7, 11) is 0. The summed E-state index contributed by atoms with van der Waals surface area (Å²) in [4.78, 5) is 2.42. The molecule has 0 radical (unpaired) electrons. The standard InChI is InChI=1S/C18H27FN2/c1-2-3-14-6-9-18(13-20,10-7-14)21-11-8-15-4-5-16(19)12-17(15)21/h4-5,12,14H,2-3,6-11,13,20H2,1H3. The topological polar surface area (TPSA) is 29.3 Å². The van der Waals surface area contributed by atoms with Crippen LogP contribution in [0.15, 0.2) is 18.2 Å². The van der Waals surface area contributed by atoms with E-state index in [0.717, 1.165) is 37.4 Å². The maximum Gasteiger partial charge on any atom is 0.125 e. The lowest BCUT2D eigenvalue weighted by atomic mass is 9.74. The number of halogens is 1. The molecule has 1 saturated carbocycles. The van der Waals surface area contributed by atoms with Crippen molar-refractivity contribution in [3.8, 4) is 0 Å². The van der Waals surface area contributed by atoms with Crippen molar-refractivity contribution in [2.45, 2.75) is 57.4 Å². The van der Waals surface area contributed by atoms with Gasteiger partial charge in [0.2, 0.25) is 0 Å². The molecule has 3 heteroatoms. The van der Waals surface area contributed by atoms with Crippen molar-refractivity contribution in [2.24, 2.45) is 11.7 Å². The van der Waals surface area contributed by atoms with E-state index in [9.17, 15) is 4.39 Å². The van der Waals surface area contributed by atoms with E-state index in [2.05, 4.69) is 11.8 Å². The molecule has 0 bridgehead atoms. The van der Waals surface area contributed by atoms with Crippen LogP contribution in [0.3, 0.4) is 0 Å². The van der Waals surface area contributed by atoms with Gasteiger partial charge >= 0.3 is 0 Å². The quantitative estimate of drug-likeness (QED) is 0.912. The average molecular weight is 290 g/mol. The van der Waals surface area contributed by atoms with Crippen LogP contribution in [-0.2, 0) is 6.42 Å². The summed E-state index contributed by atoms with van der Waals surface area (Å²) < 4.78 is 13.6. The van der Waals surface area contributed by atoms with Gasteiger partial charge in [0.05, 0.1) is 5.54 Å². The Morgan fingerprint density at radius 1 is 1.33 bits per heavy atom. The van der Waals surface area contributed by atoms with Gasteiger partial charge in [-0.3, -0.25) is 0 Å². The Morgan fingerprint density at radius 3 is 2.76 bits per heavy atom. The predicted octanol–water partition coefficient (Wildman–Crippen LogP) is 3.88. The van der Waals surface area contributed by atoms with Crippen LogP contribution in [0.2, 0.25) is 0 Å². The van der Waals surface area contributed by atoms with Gasteiger partial charge < -0.3 is 10.6 Å². The molecule has 0 saturated heterocycles. The molecule has 2 aliphatic rings. The van der Waals surface area contributed by atoms with E-state index in [1.54, 1.807) is 12.1 Å². The fraction of sp³-hybridized carbons (Fsp3) is 0.667. The zero-order valence-electron chi connectivity index (χ0n) is 13.1. The van der Waals surface area contributed by atoms with Crippen molar-refractivity contribution in [3.05, 3.63) is 29.6 Å². The molecule has 2 nitrogen and oxygen atoms in total. The Bertz CT molecular complexity index is 492. The van der Waals surface area contributed by atoms with Gasteiger partial charge in [-0.15, -0.1) is 0 Å². The highest BCUT2D eigenvalue weighted by molar-refractivity contribution is 5.60. The van der Waals surface area contributed by atoms with Crippen LogP contribution in [-0.4, -0.2) is 18.6 Å². The molecular weight excluding hydrogens is 263 g/mol.